The molecule has 0 radical (unpaired) electrons. The number of amides is 1. The SMILES string of the molecule is CC(=O)Nc1cc(S(=O)(=O)[O-])ccc1Cl. The molecule has 0 heterocycles. The first-order chi connectivity index (χ1) is 6.80. The molecule has 0 aliphatic rings. The molecule has 0 atom stereocenters. The summed E-state index contributed by atoms with van der Waals surface area (Å²) in [5, 5.41) is 2.48. The van der Waals surface area contributed by atoms with Gasteiger partial charge in [-0.3, -0.25) is 4.79 Å². The van der Waals surface area contributed by atoms with Crippen LogP contribution in [0.1, 0.15) is 6.92 Å². The predicted molar refractivity (Wildman–Crippen MR) is 53.7 cm³/mol. The Balaban J connectivity index is 3.23. The predicted octanol–water partition coefficient (Wildman–Crippen LogP) is 1.20. The number of halogens is 1. The van der Waals surface area contributed by atoms with Crippen LogP contribution < -0.4 is 5.32 Å². The van der Waals surface area contributed by atoms with Crippen LogP contribution in [0.2, 0.25) is 5.02 Å². The van der Waals surface area contributed by atoms with E-state index in [1.807, 2.05) is 0 Å². The summed E-state index contributed by atoms with van der Waals surface area (Å²) in [5.41, 5.74) is 0.0982. The first-order valence-corrected chi connectivity index (χ1v) is 5.62. The summed E-state index contributed by atoms with van der Waals surface area (Å²) in [6.07, 6.45) is 0. The second-order valence-electron chi connectivity index (χ2n) is 2.78. The summed E-state index contributed by atoms with van der Waals surface area (Å²) in [6.45, 7) is 1.24. The zero-order valence-corrected chi connectivity index (χ0v) is 9.22. The lowest BCUT2D eigenvalue weighted by Gasteiger charge is -2.10. The first-order valence-electron chi connectivity index (χ1n) is 3.84. The van der Waals surface area contributed by atoms with E-state index >= 15 is 0 Å². The van der Waals surface area contributed by atoms with Gasteiger partial charge in [0, 0.05) is 6.92 Å². The van der Waals surface area contributed by atoms with Crippen molar-refractivity contribution in [2.75, 3.05) is 5.32 Å². The Labute approximate surface area is 91.8 Å². The highest BCUT2D eigenvalue weighted by atomic mass is 35.5. The molecule has 0 bridgehead atoms. The number of nitrogens with one attached hydrogen (secondary N) is 1. The fraction of sp³-hybridized carbons (Fsp3) is 0.125. The molecule has 0 fully saturated rings. The molecule has 0 aromatic heterocycles. The summed E-state index contributed by atoms with van der Waals surface area (Å²) in [4.78, 5) is 10.3. The van der Waals surface area contributed by atoms with Gasteiger partial charge in [0.25, 0.3) is 0 Å². The van der Waals surface area contributed by atoms with Crippen LogP contribution in [0.3, 0.4) is 0 Å². The molecular weight excluding hydrogens is 242 g/mol. The van der Waals surface area contributed by atoms with E-state index in [9.17, 15) is 17.8 Å². The Morgan fingerprint density at radius 1 is 1.47 bits per heavy atom. The fourth-order valence-corrected chi connectivity index (χ4v) is 1.61. The van der Waals surface area contributed by atoms with Gasteiger partial charge in [0.1, 0.15) is 10.1 Å². The van der Waals surface area contributed by atoms with E-state index in [1.165, 1.54) is 13.0 Å². The maximum absolute atomic E-state index is 10.7. The molecule has 7 heteroatoms. The molecule has 0 aliphatic heterocycles. The Bertz CT molecular complexity index is 497. The Morgan fingerprint density at radius 2 is 2.07 bits per heavy atom. The van der Waals surface area contributed by atoms with E-state index in [0.717, 1.165) is 12.1 Å². The van der Waals surface area contributed by atoms with Gasteiger partial charge in [0.2, 0.25) is 5.91 Å². The van der Waals surface area contributed by atoms with E-state index in [4.69, 9.17) is 11.6 Å². The van der Waals surface area contributed by atoms with Crippen molar-refractivity contribution in [3.05, 3.63) is 23.2 Å². The van der Waals surface area contributed by atoms with Crippen molar-refractivity contribution in [3.8, 4) is 0 Å². The van der Waals surface area contributed by atoms with Gasteiger partial charge in [-0.25, -0.2) is 8.42 Å². The summed E-state index contributed by atoms with van der Waals surface area (Å²) in [7, 11) is -4.54. The smallest absolute Gasteiger partial charge is 0.221 e. The molecule has 15 heavy (non-hydrogen) atoms. The maximum atomic E-state index is 10.7. The topological polar surface area (TPSA) is 86.3 Å². The van der Waals surface area contributed by atoms with Crippen LogP contribution >= 0.6 is 11.6 Å². The van der Waals surface area contributed by atoms with Crippen LogP contribution in [0.25, 0.3) is 0 Å². The van der Waals surface area contributed by atoms with E-state index in [1.54, 1.807) is 0 Å². The average Bonchev–Trinajstić information content (AvgIpc) is 2.06. The van der Waals surface area contributed by atoms with Crippen LogP contribution in [-0.4, -0.2) is 18.9 Å². The van der Waals surface area contributed by atoms with Crippen molar-refractivity contribution in [1.82, 2.24) is 0 Å². The minimum atomic E-state index is -4.54. The van der Waals surface area contributed by atoms with Crippen molar-refractivity contribution >= 4 is 33.3 Å². The lowest BCUT2D eigenvalue weighted by atomic mass is 10.3. The molecular formula is C8H7ClNO4S-. The Kier molecular flexibility index (Phi) is 3.33. The van der Waals surface area contributed by atoms with Crippen molar-refractivity contribution < 1.29 is 17.8 Å². The number of benzene rings is 1. The summed E-state index contributed by atoms with van der Waals surface area (Å²) in [6, 6.07) is 3.33. The molecule has 82 valence electrons. The highest BCUT2D eigenvalue weighted by molar-refractivity contribution is 7.85. The largest absolute Gasteiger partial charge is 0.744 e. The molecule has 1 N–H and O–H groups in total. The molecule has 0 saturated heterocycles. The van der Waals surface area contributed by atoms with Gasteiger partial charge in [-0.2, -0.15) is 0 Å². The van der Waals surface area contributed by atoms with Gasteiger partial charge < -0.3 is 9.87 Å². The van der Waals surface area contributed by atoms with E-state index in [0.29, 0.717) is 0 Å². The van der Waals surface area contributed by atoms with E-state index in [-0.39, 0.29) is 10.7 Å². The summed E-state index contributed by atoms with van der Waals surface area (Å²) in [5.74, 6) is -0.405. The lowest BCUT2D eigenvalue weighted by molar-refractivity contribution is -0.114. The number of hydrogen-bond donors (Lipinski definition) is 1. The minimum absolute atomic E-state index is 0.0982. The van der Waals surface area contributed by atoms with Gasteiger partial charge in [-0.1, -0.05) is 11.6 Å². The van der Waals surface area contributed by atoms with Crippen molar-refractivity contribution in [2.24, 2.45) is 0 Å². The standard InChI is InChI=1S/C8H8ClNO4S/c1-5(11)10-8-4-6(15(12,13)14)2-3-7(8)9/h2-4H,1H3,(H,10,11)(H,12,13,14)/p-1. The Hall–Kier alpha value is -1.11. The second-order valence-corrected chi connectivity index (χ2v) is 4.56. The van der Waals surface area contributed by atoms with Gasteiger partial charge in [0.05, 0.1) is 15.6 Å². The first kappa shape index (κ1) is 12.0. The second kappa shape index (κ2) is 4.18. The Morgan fingerprint density at radius 3 is 2.53 bits per heavy atom. The number of anilines is 1. The summed E-state index contributed by atoms with van der Waals surface area (Å²) < 4.78 is 32.0. The molecule has 0 unspecified atom stereocenters. The van der Waals surface area contributed by atoms with Gasteiger partial charge in [0.15, 0.2) is 0 Å². The van der Waals surface area contributed by atoms with Gasteiger partial charge >= 0.3 is 0 Å². The third-order valence-corrected chi connectivity index (χ3v) is 2.70. The zero-order valence-electron chi connectivity index (χ0n) is 7.65. The van der Waals surface area contributed by atoms with Crippen molar-refractivity contribution in [3.63, 3.8) is 0 Å². The van der Waals surface area contributed by atoms with Crippen LogP contribution in [-0.2, 0) is 14.9 Å². The lowest BCUT2D eigenvalue weighted by Crippen LogP contribution is -2.07. The molecule has 0 saturated carbocycles. The highest BCUT2D eigenvalue weighted by Gasteiger charge is 2.07. The molecule has 1 amide bonds. The van der Waals surface area contributed by atoms with E-state index in [2.05, 4.69) is 5.32 Å². The van der Waals surface area contributed by atoms with E-state index < -0.39 is 20.9 Å². The number of rotatable bonds is 2. The normalized spacial score (nSPS) is 11.1. The maximum Gasteiger partial charge on any atom is 0.221 e. The minimum Gasteiger partial charge on any atom is -0.744 e. The van der Waals surface area contributed by atoms with Crippen molar-refractivity contribution in [1.29, 1.82) is 0 Å². The average molecular weight is 249 g/mol. The van der Waals surface area contributed by atoms with Crippen molar-refractivity contribution in [2.45, 2.75) is 11.8 Å². The zero-order chi connectivity index (χ0) is 11.6. The summed E-state index contributed by atoms with van der Waals surface area (Å²) >= 11 is 5.68. The molecule has 1 rings (SSSR count). The molecule has 0 aliphatic carbocycles. The number of carbonyl (C=O) groups is 1. The third kappa shape index (κ3) is 3.19. The monoisotopic (exact) mass is 248 g/mol. The molecule has 1 aromatic rings. The highest BCUT2D eigenvalue weighted by Crippen LogP contribution is 2.24. The third-order valence-electron chi connectivity index (χ3n) is 1.54. The fourth-order valence-electron chi connectivity index (χ4n) is 0.945. The van der Waals surface area contributed by atoms with Gasteiger partial charge in [-0.15, -0.1) is 0 Å². The van der Waals surface area contributed by atoms with Gasteiger partial charge in [-0.05, 0) is 18.2 Å². The van der Waals surface area contributed by atoms with Crippen LogP contribution in [0.4, 0.5) is 5.69 Å². The number of hydrogen-bond acceptors (Lipinski definition) is 4. The molecule has 1 aromatic carbocycles. The van der Waals surface area contributed by atoms with Crippen LogP contribution in [0.15, 0.2) is 23.1 Å². The van der Waals surface area contributed by atoms with Crippen LogP contribution in [0.5, 0.6) is 0 Å². The van der Waals surface area contributed by atoms with Crippen LogP contribution in [0, 0.1) is 0 Å². The molecule has 5 nitrogen and oxygen atoms in total. The quantitative estimate of drug-likeness (QED) is 0.797. The number of carbonyl (C=O) groups excluding carboxylic acids is 1. The molecule has 0 spiro atoms.